The van der Waals surface area contributed by atoms with Crippen LogP contribution in [0.2, 0.25) is 0 Å². The second-order valence-electron chi connectivity index (χ2n) is 4.25. The molecular weight excluding hydrogens is 385 g/mol. The quantitative estimate of drug-likeness (QED) is 0.693. The van der Waals surface area contributed by atoms with E-state index in [0.717, 1.165) is 14.6 Å². The zero-order valence-corrected chi connectivity index (χ0v) is 12.9. The lowest BCUT2D eigenvalue weighted by atomic mass is 10.2. The highest BCUT2D eigenvalue weighted by atomic mass is 79.9. The third-order valence-corrected chi connectivity index (χ3v) is 4.29. The zero-order valence-electron chi connectivity index (χ0n) is 10.5. The third-order valence-electron chi connectivity index (χ3n) is 2.68. The molecule has 3 rings (SSSR count). The highest BCUT2D eigenvalue weighted by Crippen LogP contribution is 2.29. The third kappa shape index (κ3) is 2.97. The molecule has 0 saturated heterocycles. The lowest BCUT2D eigenvalue weighted by molar-refractivity contribution is -0.144. The summed E-state index contributed by atoms with van der Waals surface area (Å²) in [5.41, 5.74) is 0. The predicted octanol–water partition coefficient (Wildman–Crippen LogP) is 4.05. The van der Waals surface area contributed by atoms with Crippen molar-refractivity contribution in [2.45, 2.75) is 6.18 Å². The van der Waals surface area contributed by atoms with Crippen LogP contribution in [0.4, 0.5) is 19.1 Å². The number of nitrogens with one attached hydrogen (secondary N) is 2. The minimum absolute atomic E-state index is 0.353. The number of fused-ring (bicyclic) bond motifs is 1. The van der Waals surface area contributed by atoms with Crippen LogP contribution >= 0.6 is 27.3 Å². The van der Waals surface area contributed by atoms with E-state index in [4.69, 9.17) is 0 Å². The van der Waals surface area contributed by atoms with Gasteiger partial charge < -0.3 is 0 Å². The number of aromatic nitrogens is 3. The number of amides is 1. The van der Waals surface area contributed by atoms with E-state index < -0.39 is 23.9 Å². The fraction of sp³-hybridized carbons (Fsp3) is 0.0833. The van der Waals surface area contributed by atoms with Crippen LogP contribution in [0.1, 0.15) is 15.5 Å². The molecule has 0 aliphatic carbocycles. The van der Waals surface area contributed by atoms with Crippen molar-refractivity contribution in [2.75, 3.05) is 5.32 Å². The topological polar surface area (TPSA) is 70.7 Å². The van der Waals surface area contributed by atoms with Gasteiger partial charge in [0.1, 0.15) is 0 Å². The molecule has 0 atom stereocenters. The molecule has 114 valence electrons. The average molecular weight is 391 g/mol. The molecule has 10 heteroatoms. The average Bonchev–Trinajstić information content (AvgIpc) is 3.03. The van der Waals surface area contributed by atoms with Gasteiger partial charge in [-0.3, -0.25) is 15.2 Å². The van der Waals surface area contributed by atoms with Gasteiger partial charge >= 0.3 is 6.18 Å². The van der Waals surface area contributed by atoms with E-state index in [-0.39, 0.29) is 0 Å². The molecule has 3 aromatic rings. The Balaban J connectivity index is 1.82. The molecule has 0 unspecified atom stereocenters. The van der Waals surface area contributed by atoms with E-state index in [9.17, 15) is 18.0 Å². The van der Waals surface area contributed by atoms with Gasteiger partial charge in [0.15, 0.2) is 0 Å². The van der Waals surface area contributed by atoms with Gasteiger partial charge in [-0.25, -0.2) is 0 Å². The summed E-state index contributed by atoms with van der Waals surface area (Å²) < 4.78 is 38.9. The van der Waals surface area contributed by atoms with E-state index in [0.29, 0.717) is 4.88 Å². The van der Waals surface area contributed by atoms with Crippen LogP contribution in [-0.2, 0) is 6.18 Å². The lowest BCUT2D eigenvalue weighted by Gasteiger charge is -1.99. The SMILES string of the molecule is O=C(Nc1n[nH]c(C(F)(F)F)n1)c1cc2cc(Br)ccc2s1. The van der Waals surface area contributed by atoms with E-state index >= 15 is 0 Å². The summed E-state index contributed by atoms with van der Waals surface area (Å²) in [6.45, 7) is 0. The van der Waals surface area contributed by atoms with Crippen molar-refractivity contribution >= 4 is 49.2 Å². The Labute approximate surface area is 133 Å². The number of anilines is 1. The van der Waals surface area contributed by atoms with Crippen LogP contribution < -0.4 is 5.32 Å². The minimum Gasteiger partial charge on any atom is -0.288 e. The van der Waals surface area contributed by atoms with Crippen molar-refractivity contribution in [3.8, 4) is 0 Å². The van der Waals surface area contributed by atoms with E-state index in [1.165, 1.54) is 11.3 Å². The van der Waals surface area contributed by atoms with Crippen molar-refractivity contribution in [1.82, 2.24) is 15.2 Å². The molecule has 0 aliphatic heterocycles. The highest BCUT2D eigenvalue weighted by molar-refractivity contribution is 9.10. The van der Waals surface area contributed by atoms with Gasteiger partial charge in [0.05, 0.1) is 4.88 Å². The van der Waals surface area contributed by atoms with Crippen LogP contribution in [0, 0.1) is 0 Å². The normalized spacial score (nSPS) is 11.8. The Morgan fingerprint density at radius 1 is 1.32 bits per heavy atom. The first-order valence-corrected chi connectivity index (χ1v) is 7.44. The van der Waals surface area contributed by atoms with E-state index in [2.05, 4.69) is 31.3 Å². The van der Waals surface area contributed by atoms with Gasteiger partial charge in [-0.05, 0) is 29.7 Å². The molecule has 0 aliphatic rings. The fourth-order valence-corrected chi connectivity index (χ4v) is 3.05. The molecule has 2 aromatic heterocycles. The number of nitrogens with zero attached hydrogens (tertiary/aromatic N) is 2. The maximum absolute atomic E-state index is 12.4. The lowest BCUT2D eigenvalue weighted by Crippen LogP contribution is -2.12. The molecule has 0 radical (unpaired) electrons. The Kier molecular flexibility index (Phi) is 3.65. The molecule has 2 heterocycles. The minimum atomic E-state index is -4.64. The first kappa shape index (κ1) is 15.0. The first-order valence-electron chi connectivity index (χ1n) is 5.83. The first-order chi connectivity index (χ1) is 10.3. The molecule has 22 heavy (non-hydrogen) atoms. The molecule has 0 bridgehead atoms. The van der Waals surface area contributed by atoms with Crippen molar-refractivity contribution in [2.24, 2.45) is 0 Å². The van der Waals surface area contributed by atoms with Gasteiger partial charge in [-0.2, -0.15) is 18.2 Å². The number of hydrogen-bond acceptors (Lipinski definition) is 4. The fourth-order valence-electron chi connectivity index (χ4n) is 1.73. The molecule has 0 spiro atoms. The van der Waals surface area contributed by atoms with Gasteiger partial charge in [0.2, 0.25) is 11.8 Å². The van der Waals surface area contributed by atoms with Crippen molar-refractivity contribution in [3.63, 3.8) is 0 Å². The molecular formula is C12H6BrF3N4OS. The highest BCUT2D eigenvalue weighted by Gasteiger charge is 2.35. The number of thiophene rings is 1. The van der Waals surface area contributed by atoms with Crippen molar-refractivity contribution in [3.05, 3.63) is 39.4 Å². The largest absolute Gasteiger partial charge is 0.451 e. The second kappa shape index (κ2) is 5.36. The van der Waals surface area contributed by atoms with Crippen LogP contribution in [0.5, 0.6) is 0 Å². The van der Waals surface area contributed by atoms with Gasteiger partial charge in [0.25, 0.3) is 5.91 Å². The number of aromatic amines is 1. The number of H-pyrrole nitrogens is 1. The van der Waals surface area contributed by atoms with Gasteiger partial charge in [-0.1, -0.05) is 15.9 Å². The summed E-state index contributed by atoms with van der Waals surface area (Å²) in [4.78, 5) is 15.6. The molecule has 0 fully saturated rings. The van der Waals surface area contributed by atoms with E-state index in [1.807, 2.05) is 18.2 Å². The Morgan fingerprint density at radius 3 is 2.77 bits per heavy atom. The summed E-state index contributed by atoms with van der Waals surface area (Å²) in [7, 11) is 0. The van der Waals surface area contributed by atoms with Crippen LogP contribution in [0.15, 0.2) is 28.7 Å². The maximum Gasteiger partial charge on any atom is 0.451 e. The second-order valence-corrected chi connectivity index (χ2v) is 6.25. The van der Waals surface area contributed by atoms with E-state index in [1.54, 1.807) is 11.2 Å². The number of hydrogen-bond donors (Lipinski definition) is 2. The summed E-state index contributed by atoms with van der Waals surface area (Å²) in [6, 6.07) is 7.18. The van der Waals surface area contributed by atoms with Crippen LogP contribution in [-0.4, -0.2) is 21.1 Å². The summed E-state index contributed by atoms with van der Waals surface area (Å²) >= 11 is 4.55. The molecule has 0 saturated carbocycles. The van der Waals surface area contributed by atoms with Gasteiger partial charge in [0, 0.05) is 9.17 Å². The predicted molar refractivity (Wildman–Crippen MR) is 78.9 cm³/mol. The molecule has 1 aromatic carbocycles. The van der Waals surface area contributed by atoms with Crippen molar-refractivity contribution < 1.29 is 18.0 Å². The van der Waals surface area contributed by atoms with Crippen LogP contribution in [0.3, 0.4) is 0 Å². The number of rotatable bonds is 2. The van der Waals surface area contributed by atoms with Crippen LogP contribution in [0.25, 0.3) is 10.1 Å². The zero-order chi connectivity index (χ0) is 15.9. The number of alkyl halides is 3. The smallest absolute Gasteiger partial charge is 0.288 e. The molecule has 1 amide bonds. The number of halogens is 4. The van der Waals surface area contributed by atoms with Gasteiger partial charge in [-0.15, -0.1) is 16.4 Å². The maximum atomic E-state index is 12.4. The Bertz CT molecular complexity index is 858. The number of benzene rings is 1. The summed E-state index contributed by atoms with van der Waals surface area (Å²) in [5.74, 6) is -2.25. The number of carbonyl (C=O) groups excluding carboxylic acids is 1. The van der Waals surface area contributed by atoms with Crippen molar-refractivity contribution in [1.29, 1.82) is 0 Å². The monoisotopic (exact) mass is 390 g/mol. The molecule has 2 N–H and O–H groups in total. The Morgan fingerprint density at radius 2 is 2.09 bits per heavy atom. The standard InChI is InChI=1S/C12H6BrF3N4OS/c13-6-1-2-7-5(3-6)4-8(22-7)9(21)17-11-18-10(19-20-11)12(14,15)16/h1-4H,(H2,17,18,19,20,21). The molecule has 5 nitrogen and oxygen atoms in total. The summed E-state index contributed by atoms with van der Waals surface area (Å²) in [6.07, 6.45) is -4.64. The summed E-state index contributed by atoms with van der Waals surface area (Å²) in [5, 5.41) is 8.15. The number of carbonyl (C=O) groups is 1. The Hall–Kier alpha value is -1.94.